The van der Waals surface area contributed by atoms with Crippen LogP contribution in [0.25, 0.3) is 0 Å². The van der Waals surface area contributed by atoms with E-state index in [0.717, 1.165) is 41.1 Å². The molecule has 1 aliphatic carbocycles. The number of fused-ring (bicyclic) bond motifs is 1. The van der Waals surface area contributed by atoms with Crippen LogP contribution in [-0.2, 0) is 11.2 Å². The molecule has 2 N–H and O–H groups in total. The fraction of sp³-hybridized carbons (Fsp3) is 0.296. The molecule has 3 aromatic rings. The van der Waals surface area contributed by atoms with Crippen LogP contribution in [-0.4, -0.2) is 20.0 Å². The third kappa shape index (κ3) is 4.00. The summed E-state index contributed by atoms with van der Waals surface area (Å²) in [5, 5.41) is 7.27. The van der Waals surface area contributed by atoms with Crippen molar-refractivity contribution in [1.82, 2.24) is 0 Å². The molecule has 6 heteroatoms. The van der Waals surface area contributed by atoms with E-state index in [1.165, 1.54) is 9.75 Å². The standard InChI is InChI=1S/C27H28N2O3S/c1-4-18-10-12-25(33-18)27-26-21(28-19-7-5-6-8-20(19)29-27)13-17(14-22(26)30)16-9-11-23(31-2)24(15-16)32-3/h5-12,15,17,27-29H,4,13-14H2,1-3H3/t17-,27-/m0/s1. The van der Waals surface area contributed by atoms with Crippen LogP contribution in [0.3, 0.4) is 0 Å². The number of hydrogen-bond donors (Lipinski definition) is 2. The zero-order valence-electron chi connectivity index (χ0n) is 19.1. The molecule has 2 atom stereocenters. The first-order valence-corrected chi connectivity index (χ1v) is 12.1. The third-order valence-corrected chi connectivity index (χ3v) is 7.80. The predicted molar refractivity (Wildman–Crippen MR) is 134 cm³/mol. The van der Waals surface area contributed by atoms with Crippen LogP contribution in [0.15, 0.2) is 65.9 Å². The molecular formula is C27H28N2O3S. The number of ketones is 1. The van der Waals surface area contributed by atoms with Gasteiger partial charge in [0.15, 0.2) is 17.3 Å². The Morgan fingerprint density at radius 2 is 1.76 bits per heavy atom. The first-order chi connectivity index (χ1) is 16.1. The number of anilines is 2. The van der Waals surface area contributed by atoms with Crippen molar-refractivity contribution in [2.45, 2.75) is 38.1 Å². The third-order valence-electron chi connectivity index (χ3n) is 6.50. The van der Waals surface area contributed by atoms with Crippen molar-refractivity contribution in [1.29, 1.82) is 0 Å². The lowest BCUT2D eigenvalue weighted by molar-refractivity contribution is -0.116. The number of aryl methyl sites for hydroxylation is 1. The van der Waals surface area contributed by atoms with Gasteiger partial charge in [-0.05, 0) is 60.7 Å². The predicted octanol–water partition coefficient (Wildman–Crippen LogP) is 6.31. The molecule has 0 unspecified atom stereocenters. The Morgan fingerprint density at radius 3 is 2.48 bits per heavy atom. The van der Waals surface area contributed by atoms with Crippen molar-refractivity contribution in [3.63, 3.8) is 0 Å². The molecule has 0 radical (unpaired) electrons. The van der Waals surface area contributed by atoms with Crippen molar-refractivity contribution in [2.24, 2.45) is 0 Å². The van der Waals surface area contributed by atoms with Gasteiger partial charge in [-0.3, -0.25) is 4.79 Å². The molecule has 2 aliphatic rings. The van der Waals surface area contributed by atoms with E-state index in [9.17, 15) is 4.79 Å². The van der Waals surface area contributed by atoms with Crippen LogP contribution in [0.4, 0.5) is 11.4 Å². The molecule has 0 fully saturated rings. The van der Waals surface area contributed by atoms with Crippen LogP contribution in [0.1, 0.15) is 47.0 Å². The van der Waals surface area contributed by atoms with Gasteiger partial charge in [-0.15, -0.1) is 11.3 Å². The number of nitrogens with one attached hydrogen (secondary N) is 2. The second-order valence-electron chi connectivity index (χ2n) is 8.44. The van der Waals surface area contributed by atoms with Gasteiger partial charge in [-0.1, -0.05) is 25.1 Å². The quantitative estimate of drug-likeness (QED) is 0.467. The Labute approximate surface area is 198 Å². The number of thiophene rings is 1. The van der Waals surface area contributed by atoms with Gasteiger partial charge in [0.1, 0.15) is 0 Å². The Morgan fingerprint density at radius 1 is 0.970 bits per heavy atom. The van der Waals surface area contributed by atoms with Crippen molar-refractivity contribution in [3.05, 3.63) is 81.2 Å². The second-order valence-corrected chi connectivity index (χ2v) is 9.64. The summed E-state index contributed by atoms with van der Waals surface area (Å²) in [7, 11) is 3.27. The highest BCUT2D eigenvalue weighted by atomic mass is 32.1. The lowest BCUT2D eigenvalue weighted by atomic mass is 9.79. The maximum atomic E-state index is 13.7. The van der Waals surface area contributed by atoms with E-state index in [-0.39, 0.29) is 17.7 Å². The highest BCUT2D eigenvalue weighted by Gasteiger charge is 2.36. The van der Waals surface area contributed by atoms with Crippen molar-refractivity contribution < 1.29 is 14.3 Å². The fourth-order valence-electron chi connectivity index (χ4n) is 4.79. The van der Waals surface area contributed by atoms with Gasteiger partial charge in [0.25, 0.3) is 0 Å². The Hall–Kier alpha value is -3.25. The van der Waals surface area contributed by atoms with E-state index in [2.05, 4.69) is 41.8 Å². The van der Waals surface area contributed by atoms with E-state index >= 15 is 0 Å². The summed E-state index contributed by atoms with van der Waals surface area (Å²) in [6.07, 6.45) is 2.22. The number of Topliss-reactive ketones (excluding diaryl/α,β-unsaturated/α-hetero) is 1. The van der Waals surface area contributed by atoms with Gasteiger partial charge in [0, 0.05) is 27.4 Å². The molecule has 1 aliphatic heterocycles. The number of rotatable bonds is 5. The minimum atomic E-state index is -0.152. The molecule has 5 rings (SSSR count). The van der Waals surface area contributed by atoms with Crippen LogP contribution >= 0.6 is 11.3 Å². The molecule has 0 spiro atoms. The average Bonchev–Trinajstić information content (AvgIpc) is 3.25. The summed E-state index contributed by atoms with van der Waals surface area (Å²) in [4.78, 5) is 16.2. The van der Waals surface area contributed by atoms with Crippen molar-refractivity contribution in [2.75, 3.05) is 24.9 Å². The first-order valence-electron chi connectivity index (χ1n) is 11.3. The number of para-hydroxylation sites is 2. The molecule has 0 bridgehead atoms. The second kappa shape index (κ2) is 8.94. The Balaban J connectivity index is 1.57. The lowest BCUT2D eigenvalue weighted by Gasteiger charge is -2.29. The van der Waals surface area contributed by atoms with Gasteiger partial charge >= 0.3 is 0 Å². The highest BCUT2D eigenvalue weighted by molar-refractivity contribution is 7.12. The van der Waals surface area contributed by atoms with Crippen LogP contribution in [0.2, 0.25) is 0 Å². The molecule has 33 heavy (non-hydrogen) atoms. The number of benzene rings is 2. The van der Waals surface area contributed by atoms with Gasteiger partial charge in [0.05, 0.1) is 31.6 Å². The molecular weight excluding hydrogens is 432 g/mol. The smallest absolute Gasteiger partial charge is 0.163 e. The summed E-state index contributed by atoms with van der Waals surface area (Å²) in [5.41, 5.74) is 4.95. The van der Waals surface area contributed by atoms with E-state index in [1.54, 1.807) is 25.6 Å². The minimum absolute atomic E-state index is 0.0732. The van der Waals surface area contributed by atoms with Gasteiger partial charge in [-0.2, -0.15) is 0 Å². The van der Waals surface area contributed by atoms with Crippen molar-refractivity contribution >= 4 is 28.5 Å². The Kier molecular flexibility index (Phi) is 5.85. The number of allylic oxidation sites excluding steroid dienone is 1. The van der Waals surface area contributed by atoms with Gasteiger partial charge < -0.3 is 20.1 Å². The highest BCUT2D eigenvalue weighted by Crippen LogP contribution is 2.46. The maximum Gasteiger partial charge on any atom is 0.163 e. The fourth-order valence-corrected chi connectivity index (χ4v) is 5.80. The number of hydrogen-bond acceptors (Lipinski definition) is 6. The van der Waals surface area contributed by atoms with E-state index in [0.29, 0.717) is 17.9 Å². The number of ether oxygens (including phenoxy) is 2. The molecule has 0 saturated carbocycles. The van der Waals surface area contributed by atoms with E-state index in [4.69, 9.17) is 9.47 Å². The van der Waals surface area contributed by atoms with Crippen LogP contribution < -0.4 is 20.1 Å². The van der Waals surface area contributed by atoms with E-state index < -0.39 is 0 Å². The van der Waals surface area contributed by atoms with Crippen LogP contribution in [0, 0.1) is 0 Å². The normalized spacial score (nSPS) is 19.7. The zero-order chi connectivity index (χ0) is 22.9. The van der Waals surface area contributed by atoms with E-state index in [1.807, 2.05) is 30.3 Å². The summed E-state index contributed by atoms with van der Waals surface area (Å²) in [6, 6.07) is 18.3. The Bertz CT molecular complexity index is 1230. The summed E-state index contributed by atoms with van der Waals surface area (Å²) in [5.74, 6) is 1.63. The molecule has 5 nitrogen and oxygen atoms in total. The lowest BCUT2D eigenvalue weighted by Crippen LogP contribution is -2.26. The van der Waals surface area contributed by atoms with Gasteiger partial charge in [-0.25, -0.2) is 0 Å². The molecule has 170 valence electrons. The SMILES string of the molecule is CCc1ccc([C@@H]2Nc3ccccc3NC3=C2C(=O)C[C@@H](c2ccc(OC)c(OC)c2)C3)s1. The minimum Gasteiger partial charge on any atom is -0.493 e. The topological polar surface area (TPSA) is 59.6 Å². The van der Waals surface area contributed by atoms with Gasteiger partial charge in [0.2, 0.25) is 0 Å². The maximum absolute atomic E-state index is 13.7. The zero-order valence-corrected chi connectivity index (χ0v) is 19.9. The van der Waals surface area contributed by atoms with Crippen LogP contribution in [0.5, 0.6) is 11.5 Å². The molecule has 1 aromatic heterocycles. The molecule has 0 saturated heterocycles. The monoisotopic (exact) mass is 460 g/mol. The van der Waals surface area contributed by atoms with Crippen molar-refractivity contribution in [3.8, 4) is 11.5 Å². The average molecular weight is 461 g/mol. The largest absolute Gasteiger partial charge is 0.493 e. The molecule has 0 amide bonds. The number of carbonyl (C=O) groups is 1. The summed E-state index contributed by atoms with van der Waals surface area (Å²) >= 11 is 1.78. The number of carbonyl (C=O) groups excluding carboxylic acids is 1. The molecule has 2 aromatic carbocycles. The number of methoxy groups -OCH3 is 2. The summed E-state index contributed by atoms with van der Waals surface area (Å²) in [6.45, 7) is 2.16. The first kappa shape index (κ1) is 21.6. The molecule has 2 heterocycles. The summed E-state index contributed by atoms with van der Waals surface area (Å²) < 4.78 is 10.9.